The van der Waals surface area contributed by atoms with Gasteiger partial charge in [0.15, 0.2) is 0 Å². The lowest BCUT2D eigenvalue weighted by atomic mass is 10.1. The second kappa shape index (κ2) is 12.4. The van der Waals surface area contributed by atoms with Crippen LogP contribution in [0.1, 0.15) is 70.8 Å². The predicted octanol–water partition coefficient (Wildman–Crippen LogP) is 4.60. The molecule has 0 aliphatic carbocycles. The molecule has 0 fully saturated rings. The van der Waals surface area contributed by atoms with Crippen LogP contribution in [-0.4, -0.2) is 18.3 Å². The Morgan fingerprint density at radius 1 is 1.04 bits per heavy atom. The fourth-order valence-corrected chi connectivity index (χ4v) is 2.42. The van der Waals surface area contributed by atoms with E-state index < -0.39 is 6.03 Å². The summed E-state index contributed by atoms with van der Waals surface area (Å²) in [7, 11) is 0. The molecule has 0 heterocycles. The SMILES string of the molecule is CCCCCCCCCCOc1ccc(/C(C)=N/NC(N)=O)cc1. The number of carbonyl (C=O) groups excluding carboxylic acids is 1. The Bertz CT molecular complexity index is 498. The topological polar surface area (TPSA) is 76.7 Å². The molecule has 5 heteroatoms. The fourth-order valence-electron chi connectivity index (χ4n) is 2.42. The Labute approximate surface area is 145 Å². The lowest BCUT2D eigenvalue weighted by Crippen LogP contribution is -2.25. The zero-order chi connectivity index (χ0) is 17.6. The average Bonchev–Trinajstić information content (AvgIpc) is 2.58. The molecule has 0 aliphatic rings. The van der Waals surface area contributed by atoms with Crippen molar-refractivity contribution >= 4 is 11.7 Å². The van der Waals surface area contributed by atoms with Crippen LogP contribution < -0.4 is 15.9 Å². The molecule has 0 atom stereocenters. The van der Waals surface area contributed by atoms with Gasteiger partial charge in [-0.3, -0.25) is 0 Å². The van der Waals surface area contributed by atoms with E-state index in [1.54, 1.807) is 0 Å². The zero-order valence-electron chi connectivity index (χ0n) is 15.0. The molecule has 0 spiro atoms. The van der Waals surface area contributed by atoms with Crippen molar-refractivity contribution in [1.29, 1.82) is 0 Å². The first-order valence-corrected chi connectivity index (χ1v) is 8.96. The number of urea groups is 1. The maximum absolute atomic E-state index is 10.6. The predicted molar refractivity (Wildman–Crippen MR) is 99.5 cm³/mol. The number of hydrogen-bond donors (Lipinski definition) is 2. The highest BCUT2D eigenvalue weighted by molar-refractivity contribution is 5.99. The highest BCUT2D eigenvalue weighted by atomic mass is 16.5. The Balaban J connectivity index is 2.18. The normalized spacial score (nSPS) is 11.3. The molecule has 1 aromatic carbocycles. The van der Waals surface area contributed by atoms with E-state index in [9.17, 15) is 4.79 Å². The standard InChI is InChI=1S/C19H31N3O2/c1-3-4-5-6-7-8-9-10-15-24-18-13-11-17(12-14-18)16(2)21-22-19(20)23/h11-14H,3-10,15H2,1-2H3,(H3,20,22,23)/b21-16+. The van der Waals surface area contributed by atoms with E-state index in [0.717, 1.165) is 24.3 Å². The van der Waals surface area contributed by atoms with E-state index in [4.69, 9.17) is 10.5 Å². The number of primary amides is 1. The van der Waals surface area contributed by atoms with Crippen LogP contribution in [0.25, 0.3) is 0 Å². The van der Waals surface area contributed by atoms with Gasteiger partial charge in [-0.05, 0) is 43.2 Å². The molecule has 1 aromatic rings. The molecule has 2 amide bonds. The van der Waals surface area contributed by atoms with Crippen LogP contribution in [-0.2, 0) is 0 Å². The lowest BCUT2D eigenvalue weighted by molar-refractivity contribution is 0.249. The van der Waals surface area contributed by atoms with Gasteiger partial charge in [0, 0.05) is 0 Å². The average molecular weight is 333 g/mol. The van der Waals surface area contributed by atoms with Crippen LogP contribution in [0.15, 0.2) is 29.4 Å². The van der Waals surface area contributed by atoms with Gasteiger partial charge in [0.1, 0.15) is 5.75 Å². The molecule has 0 radical (unpaired) electrons. The highest BCUT2D eigenvalue weighted by Crippen LogP contribution is 2.14. The van der Waals surface area contributed by atoms with Gasteiger partial charge in [0.2, 0.25) is 0 Å². The smallest absolute Gasteiger partial charge is 0.332 e. The molecule has 5 nitrogen and oxygen atoms in total. The molecule has 3 N–H and O–H groups in total. The number of unbranched alkanes of at least 4 members (excludes halogenated alkanes) is 7. The first-order chi connectivity index (χ1) is 11.6. The summed E-state index contributed by atoms with van der Waals surface area (Å²) in [4.78, 5) is 10.6. The minimum absolute atomic E-state index is 0.667. The lowest BCUT2D eigenvalue weighted by Gasteiger charge is -2.07. The largest absolute Gasteiger partial charge is 0.494 e. The van der Waals surface area contributed by atoms with E-state index in [1.165, 1.54) is 44.9 Å². The summed E-state index contributed by atoms with van der Waals surface area (Å²) in [5.41, 5.74) is 8.83. The third kappa shape index (κ3) is 9.18. The van der Waals surface area contributed by atoms with E-state index in [-0.39, 0.29) is 0 Å². The Morgan fingerprint density at radius 2 is 1.62 bits per heavy atom. The van der Waals surface area contributed by atoms with Gasteiger partial charge in [0.05, 0.1) is 12.3 Å². The zero-order valence-corrected chi connectivity index (χ0v) is 15.0. The van der Waals surface area contributed by atoms with Crippen LogP contribution in [0.2, 0.25) is 0 Å². The number of amides is 2. The van der Waals surface area contributed by atoms with E-state index in [1.807, 2.05) is 31.2 Å². The number of ether oxygens (including phenoxy) is 1. The van der Waals surface area contributed by atoms with E-state index >= 15 is 0 Å². The first kappa shape index (κ1) is 20.0. The van der Waals surface area contributed by atoms with Gasteiger partial charge in [0.25, 0.3) is 0 Å². The summed E-state index contributed by atoms with van der Waals surface area (Å²) < 4.78 is 5.75. The van der Waals surface area contributed by atoms with Crippen molar-refractivity contribution in [2.75, 3.05) is 6.61 Å². The Hall–Kier alpha value is -2.04. The summed E-state index contributed by atoms with van der Waals surface area (Å²) in [5, 5.41) is 3.90. The van der Waals surface area contributed by atoms with Gasteiger partial charge < -0.3 is 10.5 Å². The minimum atomic E-state index is -0.667. The molecule has 0 aromatic heterocycles. The summed E-state index contributed by atoms with van der Waals surface area (Å²) in [6.07, 6.45) is 10.4. The molecule has 0 saturated heterocycles. The number of nitrogens with one attached hydrogen (secondary N) is 1. The summed E-state index contributed by atoms with van der Waals surface area (Å²) in [6.45, 7) is 4.81. The third-order valence-corrected chi connectivity index (χ3v) is 3.87. The summed E-state index contributed by atoms with van der Waals surface area (Å²) >= 11 is 0. The summed E-state index contributed by atoms with van der Waals surface area (Å²) in [6, 6.07) is 7.02. The van der Waals surface area contributed by atoms with Crippen molar-refractivity contribution in [2.45, 2.75) is 65.2 Å². The molecular weight excluding hydrogens is 302 g/mol. The molecule has 0 bridgehead atoms. The van der Waals surface area contributed by atoms with Gasteiger partial charge in [-0.15, -0.1) is 0 Å². The van der Waals surface area contributed by atoms with Gasteiger partial charge in [-0.1, -0.05) is 51.9 Å². The Morgan fingerprint density at radius 3 is 2.21 bits per heavy atom. The van der Waals surface area contributed by atoms with Crippen molar-refractivity contribution in [1.82, 2.24) is 5.43 Å². The molecule has 0 saturated carbocycles. The van der Waals surface area contributed by atoms with E-state index in [2.05, 4.69) is 17.5 Å². The Kier molecular flexibility index (Phi) is 10.3. The number of hydrogen-bond acceptors (Lipinski definition) is 3. The van der Waals surface area contributed by atoms with E-state index in [0.29, 0.717) is 5.71 Å². The van der Waals surface area contributed by atoms with Crippen molar-refractivity contribution in [3.05, 3.63) is 29.8 Å². The van der Waals surface area contributed by atoms with Gasteiger partial charge in [-0.25, -0.2) is 10.2 Å². The van der Waals surface area contributed by atoms with Crippen molar-refractivity contribution in [3.63, 3.8) is 0 Å². The molecule has 134 valence electrons. The van der Waals surface area contributed by atoms with Crippen molar-refractivity contribution in [3.8, 4) is 5.75 Å². The minimum Gasteiger partial charge on any atom is -0.494 e. The number of nitrogens with zero attached hydrogens (tertiary/aromatic N) is 1. The van der Waals surface area contributed by atoms with Crippen LogP contribution in [0, 0.1) is 0 Å². The van der Waals surface area contributed by atoms with Crippen molar-refractivity contribution < 1.29 is 9.53 Å². The molecule has 0 aliphatic heterocycles. The van der Waals surface area contributed by atoms with Crippen LogP contribution in [0.4, 0.5) is 4.79 Å². The quantitative estimate of drug-likeness (QED) is 0.333. The second-order valence-corrected chi connectivity index (χ2v) is 6.02. The number of rotatable bonds is 12. The second-order valence-electron chi connectivity index (χ2n) is 6.02. The fraction of sp³-hybridized carbons (Fsp3) is 0.579. The van der Waals surface area contributed by atoms with Crippen LogP contribution in [0.5, 0.6) is 5.75 Å². The van der Waals surface area contributed by atoms with Gasteiger partial charge in [-0.2, -0.15) is 5.10 Å². The first-order valence-electron chi connectivity index (χ1n) is 8.96. The molecule has 1 rings (SSSR count). The number of nitrogens with two attached hydrogens (primary N) is 1. The monoisotopic (exact) mass is 333 g/mol. The molecular formula is C19H31N3O2. The van der Waals surface area contributed by atoms with Crippen LogP contribution >= 0.6 is 0 Å². The maximum atomic E-state index is 10.6. The third-order valence-electron chi connectivity index (χ3n) is 3.87. The molecule has 24 heavy (non-hydrogen) atoms. The number of benzene rings is 1. The molecule has 0 unspecified atom stereocenters. The van der Waals surface area contributed by atoms with Crippen LogP contribution in [0.3, 0.4) is 0 Å². The number of carbonyl (C=O) groups is 1. The number of hydrazone groups is 1. The van der Waals surface area contributed by atoms with Crippen molar-refractivity contribution in [2.24, 2.45) is 10.8 Å². The maximum Gasteiger partial charge on any atom is 0.332 e. The van der Waals surface area contributed by atoms with Gasteiger partial charge >= 0.3 is 6.03 Å². The highest BCUT2D eigenvalue weighted by Gasteiger charge is 2.00. The summed E-state index contributed by atoms with van der Waals surface area (Å²) in [5.74, 6) is 0.859.